The van der Waals surface area contributed by atoms with Crippen molar-refractivity contribution in [2.75, 3.05) is 0 Å². The largest absolute Gasteiger partial charge is 0.324 e. The lowest BCUT2D eigenvalue weighted by molar-refractivity contribution is -0.148. The monoisotopic (exact) mass is 359 g/mol. The fourth-order valence-electron chi connectivity index (χ4n) is 9.14. The summed E-state index contributed by atoms with van der Waals surface area (Å²) in [7, 11) is 0. The second kappa shape index (κ2) is 6.78. The number of hydrogen-bond acceptors (Lipinski definition) is 1. The molecule has 1 heteroatoms. The quantitative estimate of drug-likeness (QED) is 0.578. The van der Waals surface area contributed by atoms with Gasteiger partial charge in [0, 0.05) is 5.54 Å². The highest BCUT2D eigenvalue weighted by atomic mass is 14.9. The zero-order valence-electron chi connectivity index (χ0n) is 18.2. The first-order valence-corrected chi connectivity index (χ1v) is 12.2. The average molecular weight is 360 g/mol. The molecule has 4 rings (SSSR count). The van der Waals surface area contributed by atoms with Crippen LogP contribution >= 0.6 is 0 Å². The normalized spacial score (nSPS) is 53.7. The van der Waals surface area contributed by atoms with Gasteiger partial charge in [-0.15, -0.1) is 0 Å². The minimum atomic E-state index is 0.134. The van der Waals surface area contributed by atoms with Crippen LogP contribution < -0.4 is 5.73 Å². The second-order valence-corrected chi connectivity index (χ2v) is 11.3. The number of hydrogen-bond donors (Lipinski definition) is 1. The highest BCUT2D eigenvalue weighted by molar-refractivity contribution is 5.17. The molecule has 0 radical (unpaired) electrons. The molecule has 4 aliphatic rings. The van der Waals surface area contributed by atoms with Crippen LogP contribution in [0.5, 0.6) is 0 Å². The summed E-state index contributed by atoms with van der Waals surface area (Å²) in [5.41, 5.74) is 8.52. The first kappa shape index (κ1) is 19.3. The van der Waals surface area contributed by atoms with Crippen molar-refractivity contribution in [2.24, 2.45) is 46.2 Å². The summed E-state index contributed by atoms with van der Waals surface area (Å²) in [4.78, 5) is 0. The van der Waals surface area contributed by atoms with E-state index in [9.17, 15) is 0 Å². The van der Waals surface area contributed by atoms with Gasteiger partial charge in [0.25, 0.3) is 0 Å². The Labute approximate surface area is 163 Å². The van der Waals surface area contributed by atoms with Crippen molar-refractivity contribution >= 4 is 0 Å². The van der Waals surface area contributed by atoms with Crippen LogP contribution in [0.1, 0.15) is 111 Å². The third-order valence-corrected chi connectivity index (χ3v) is 10.7. The molecule has 1 nitrogen and oxygen atoms in total. The zero-order valence-corrected chi connectivity index (χ0v) is 18.2. The number of fused-ring (bicyclic) bond motifs is 5. The lowest BCUT2D eigenvalue weighted by Crippen LogP contribution is -2.69. The molecular weight excluding hydrogens is 314 g/mol. The van der Waals surface area contributed by atoms with Crippen LogP contribution in [0.2, 0.25) is 0 Å². The molecule has 8 atom stereocenters. The Hall–Kier alpha value is -0.0400. The molecule has 4 aliphatic carbocycles. The molecule has 4 fully saturated rings. The molecule has 0 bridgehead atoms. The maximum Gasteiger partial charge on any atom is 0.0240 e. The van der Waals surface area contributed by atoms with Crippen LogP contribution in [-0.4, -0.2) is 5.54 Å². The first-order valence-electron chi connectivity index (χ1n) is 12.2. The molecule has 0 amide bonds. The van der Waals surface area contributed by atoms with E-state index in [1.54, 1.807) is 0 Å². The van der Waals surface area contributed by atoms with Crippen molar-refractivity contribution in [1.82, 2.24) is 0 Å². The number of rotatable bonds is 4. The maximum atomic E-state index is 7.32. The van der Waals surface area contributed by atoms with Crippen LogP contribution in [0.3, 0.4) is 0 Å². The predicted molar refractivity (Wildman–Crippen MR) is 112 cm³/mol. The molecule has 0 aliphatic heterocycles. The smallest absolute Gasteiger partial charge is 0.0240 e. The van der Waals surface area contributed by atoms with Crippen LogP contribution in [0.25, 0.3) is 0 Å². The van der Waals surface area contributed by atoms with Gasteiger partial charge in [0.2, 0.25) is 0 Å². The molecule has 26 heavy (non-hydrogen) atoms. The molecule has 6 unspecified atom stereocenters. The highest BCUT2D eigenvalue weighted by Crippen LogP contribution is 2.69. The van der Waals surface area contributed by atoms with Gasteiger partial charge in [0.15, 0.2) is 0 Å². The van der Waals surface area contributed by atoms with Crippen molar-refractivity contribution in [3.8, 4) is 0 Å². The molecule has 0 aromatic rings. The summed E-state index contributed by atoms with van der Waals surface area (Å²) in [6.07, 6.45) is 18.6. The second-order valence-electron chi connectivity index (χ2n) is 11.3. The van der Waals surface area contributed by atoms with Crippen molar-refractivity contribution in [3.05, 3.63) is 0 Å². The Morgan fingerprint density at radius 3 is 2.38 bits per heavy atom. The zero-order chi connectivity index (χ0) is 18.6. The van der Waals surface area contributed by atoms with Gasteiger partial charge in [-0.05, 0) is 91.8 Å². The summed E-state index contributed by atoms with van der Waals surface area (Å²) in [5.74, 6) is 4.67. The third-order valence-electron chi connectivity index (χ3n) is 10.7. The number of unbranched alkanes of at least 4 members (excludes halogenated alkanes) is 1. The SMILES string of the molecule is CCCCC1CCC2C3C[C@H](CC)C4(N)CCCCC4(C)[C@H]3CCC12C. The Morgan fingerprint density at radius 2 is 1.65 bits per heavy atom. The van der Waals surface area contributed by atoms with E-state index in [1.807, 2.05) is 0 Å². The molecule has 0 aromatic carbocycles. The van der Waals surface area contributed by atoms with Gasteiger partial charge in [-0.3, -0.25) is 0 Å². The lowest BCUT2D eigenvalue weighted by atomic mass is 9.40. The highest BCUT2D eigenvalue weighted by Gasteiger charge is 2.64. The summed E-state index contributed by atoms with van der Waals surface area (Å²) >= 11 is 0. The fourth-order valence-corrected chi connectivity index (χ4v) is 9.14. The summed E-state index contributed by atoms with van der Waals surface area (Å²) in [6.45, 7) is 10.1. The summed E-state index contributed by atoms with van der Waals surface area (Å²) in [5, 5.41) is 0. The third kappa shape index (κ3) is 2.51. The maximum absolute atomic E-state index is 7.32. The van der Waals surface area contributed by atoms with Crippen molar-refractivity contribution in [2.45, 2.75) is 117 Å². The minimum absolute atomic E-state index is 0.134. The average Bonchev–Trinajstić information content (AvgIpc) is 2.96. The van der Waals surface area contributed by atoms with Crippen LogP contribution in [0.15, 0.2) is 0 Å². The fraction of sp³-hybridized carbons (Fsp3) is 1.00. The van der Waals surface area contributed by atoms with Crippen molar-refractivity contribution in [1.29, 1.82) is 0 Å². The molecule has 150 valence electrons. The Morgan fingerprint density at radius 1 is 0.885 bits per heavy atom. The number of nitrogens with two attached hydrogens (primary N) is 1. The summed E-state index contributed by atoms with van der Waals surface area (Å²) in [6, 6.07) is 0. The van der Waals surface area contributed by atoms with E-state index < -0.39 is 0 Å². The van der Waals surface area contributed by atoms with E-state index in [-0.39, 0.29) is 5.54 Å². The van der Waals surface area contributed by atoms with Gasteiger partial charge in [-0.1, -0.05) is 59.8 Å². The Balaban J connectivity index is 1.64. The van der Waals surface area contributed by atoms with E-state index in [1.165, 1.54) is 83.5 Å². The topological polar surface area (TPSA) is 26.0 Å². The first-order chi connectivity index (χ1) is 12.4. The molecule has 0 spiro atoms. The Bertz CT molecular complexity index is 514. The van der Waals surface area contributed by atoms with Gasteiger partial charge in [0.1, 0.15) is 0 Å². The van der Waals surface area contributed by atoms with Crippen LogP contribution in [-0.2, 0) is 0 Å². The summed E-state index contributed by atoms with van der Waals surface area (Å²) < 4.78 is 0. The minimum Gasteiger partial charge on any atom is -0.324 e. The standard InChI is InChI=1S/C25H45N/c1-5-7-10-19-11-12-21-20-17-18(6-2)25(26)15-9-8-14-24(25,4)22(20)13-16-23(19,21)3/h18-22H,5-17,26H2,1-4H3/t18-,19?,20?,21?,22-,23?,24?,25?/m0/s1. The van der Waals surface area contributed by atoms with Crippen molar-refractivity contribution in [3.63, 3.8) is 0 Å². The Kier molecular flexibility index (Phi) is 5.03. The van der Waals surface area contributed by atoms with Gasteiger partial charge in [0.05, 0.1) is 0 Å². The molecule has 0 heterocycles. The van der Waals surface area contributed by atoms with E-state index in [2.05, 4.69) is 27.7 Å². The van der Waals surface area contributed by atoms with Gasteiger partial charge >= 0.3 is 0 Å². The van der Waals surface area contributed by atoms with Gasteiger partial charge in [-0.25, -0.2) is 0 Å². The van der Waals surface area contributed by atoms with Crippen LogP contribution in [0, 0.1) is 40.4 Å². The van der Waals surface area contributed by atoms with E-state index >= 15 is 0 Å². The lowest BCUT2D eigenvalue weighted by Gasteiger charge is -2.67. The molecule has 2 N–H and O–H groups in total. The van der Waals surface area contributed by atoms with Gasteiger partial charge in [-0.2, -0.15) is 0 Å². The molecular formula is C25H45N. The predicted octanol–water partition coefficient (Wildman–Crippen LogP) is 6.94. The van der Waals surface area contributed by atoms with E-state index in [4.69, 9.17) is 5.73 Å². The molecule has 4 saturated carbocycles. The van der Waals surface area contributed by atoms with Gasteiger partial charge < -0.3 is 5.73 Å². The van der Waals surface area contributed by atoms with E-state index in [0.29, 0.717) is 10.8 Å². The molecule has 0 aromatic heterocycles. The van der Waals surface area contributed by atoms with E-state index in [0.717, 1.165) is 29.6 Å². The van der Waals surface area contributed by atoms with Crippen LogP contribution in [0.4, 0.5) is 0 Å². The van der Waals surface area contributed by atoms with Crippen molar-refractivity contribution < 1.29 is 0 Å². The molecule has 0 saturated heterocycles.